The molecule has 6 nitrogen and oxygen atoms in total. The van der Waals surface area contributed by atoms with Crippen LogP contribution in [0.25, 0.3) is 0 Å². The molecule has 0 amide bonds. The zero-order valence-corrected chi connectivity index (χ0v) is 22.1. The summed E-state index contributed by atoms with van der Waals surface area (Å²) in [6.07, 6.45) is 14.6. The van der Waals surface area contributed by atoms with Gasteiger partial charge in [0.25, 0.3) is 0 Å². The van der Waals surface area contributed by atoms with E-state index < -0.39 is 11.9 Å². The van der Waals surface area contributed by atoms with Crippen molar-refractivity contribution in [1.82, 2.24) is 0 Å². The van der Waals surface area contributed by atoms with Crippen LogP contribution in [0.15, 0.2) is 47.7 Å². The van der Waals surface area contributed by atoms with Crippen LogP contribution in [0.3, 0.4) is 0 Å². The first-order valence-corrected chi connectivity index (χ1v) is 12.4. The number of carboxylic acid groups (broad SMARTS) is 1. The lowest BCUT2D eigenvalue weighted by atomic mass is 10.0. The van der Waals surface area contributed by atoms with Crippen LogP contribution in [-0.2, 0) is 23.8 Å². The summed E-state index contributed by atoms with van der Waals surface area (Å²) in [6.45, 7) is 13.9. The molecule has 1 N–H and O–H groups in total. The number of carbonyl (C=O) groups excluding carboxylic acids is 1. The zero-order valence-electron chi connectivity index (χ0n) is 22.1. The van der Waals surface area contributed by atoms with E-state index in [1.54, 1.807) is 0 Å². The first-order chi connectivity index (χ1) is 16.1. The minimum Gasteiger partial charge on any atom is -0.501 e. The average Bonchev–Trinajstić information content (AvgIpc) is 2.74. The second kappa shape index (κ2) is 19.9. The van der Waals surface area contributed by atoms with E-state index in [2.05, 4.69) is 53.7 Å². The van der Waals surface area contributed by atoms with Crippen LogP contribution in [0.5, 0.6) is 0 Å². The van der Waals surface area contributed by atoms with Gasteiger partial charge in [-0.25, -0.2) is 0 Å². The van der Waals surface area contributed by atoms with Crippen LogP contribution in [0.4, 0.5) is 0 Å². The van der Waals surface area contributed by atoms with Crippen molar-refractivity contribution in [2.75, 3.05) is 13.2 Å². The van der Waals surface area contributed by atoms with Crippen LogP contribution < -0.4 is 0 Å². The fourth-order valence-electron chi connectivity index (χ4n) is 2.95. The summed E-state index contributed by atoms with van der Waals surface area (Å²) in [5.41, 5.74) is 2.66. The number of rotatable bonds is 19. The lowest BCUT2D eigenvalue weighted by Crippen LogP contribution is -2.07. The van der Waals surface area contributed by atoms with Crippen molar-refractivity contribution in [3.8, 4) is 0 Å². The number of esters is 1. The summed E-state index contributed by atoms with van der Waals surface area (Å²) < 4.78 is 16.4. The molecule has 0 spiro atoms. The molecular weight excluding hydrogens is 432 g/mol. The van der Waals surface area contributed by atoms with E-state index in [0.717, 1.165) is 38.5 Å². The van der Waals surface area contributed by atoms with Crippen molar-refractivity contribution >= 4 is 11.9 Å². The fraction of sp³-hybridized carbons (Fsp3) is 0.643. The molecule has 0 aromatic heterocycles. The summed E-state index contributed by atoms with van der Waals surface area (Å²) in [6, 6.07) is 0. The van der Waals surface area contributed by atoms with Gasteiger partial charge in [0.05, 0.1) is 32.3 Å². The minimum absolute atomic E-state index is 0.198. The standard InChI is InChI=1S/C28H46O6/c1-22(2)9-7-11-24(5)15-18-32-20-17-26(34-28(31)14-13-27(29)30)21-33-19-16-25(6)12-8-10-23(3)4/h9-10,17,20-21,24-25H,7-8,11-16,18-19H2,1-6H3,(H,29,30). The molecular formula is C28H46O6. The number of ether oxygens (including phenoxy) is 3. The molecule has 0 aromatic carbocycles. The normalized spacial score (nSPS) is 13.2. The van der Waals surface area contributed by atoms with Crippen molar-refractivity contribution in [3.63, 3.8) is 0 Å². The highest BCUT2D eigenvalue weighted by molar-refractivity contribution is 5.77. The van der Waals surface area contributed by atoms with Crippen molar-refractivity contribution in [3.05, 3.63) is 47.7 Å². The van der Waals surface area contributed by atoms with Crippen LogP contribution in [0.1, 0.15) is 92.9 Å². The molecule has 34 heavy (non-hydrogen) atoms. The Morgan fingerprint density at radius 3 is 1.82 bits per heavy atom. The Labute approximate surface area is 206 Å². The number of hydrogen-bond acceptors (Lipinski definition) is 5. The van der Waals surface area contributed by atoms with Gasteiger partial charge in [0.15, 0.2) is 5.76 Å². The minimum atomic E-state index is -1.04. The van der Waals surface area contributed by atoms with Gasteiger partial charge < -0.3 is 19.3 Å². The van der Waals surface area contributed by atoms with Crippen LogP contribution in [-0.4, -0.2) is 30.3 Å². The van der Waals surface area contributed by atoms with Gasteiger partial charge in [0.2, 0.25) is 0 Å². The molecule has 2 atom stereocenters. The molecule has 2 unspecified atom stereocenters. The third kappa shape index (κ3) is 21.4. The van der Waals surface area contributed by atoms with Gasteiger partial charge in [-0.15, -0.1) is 0 Å². The molecule has 0 aliphatic heterocycles. The Kier molecular flexibility index (Phi) is 18.5. The SMILES string of the molecule is CC(C)=CCCC(C)CCOC=CC(=COCCC(C)CCC=C(C)C)OC(=O)CCC(=O)O. The fourth-order valence-corrected chi connectivity index (χ4v) is 2.95. The highest BCUT2D eigenvalue weighted by Crippen LogP contribution is 2.14. The average molecular weight is 479 g/mol. The summed E-state index contributed by atoms with van der Waals surface area (Å²) in [4.78, 5) is 22.6. The third-order valence-electron chi connectivity index (χ3n) is 5.18. The first kappa shape index (κ1) is 31.5. The van der Waals surface area contributed by atoms with E-state index in [4.69, 9.17) is 19.3 Å². The van der Waals surface area contributed by atoms with E-state index in [1.165, 1.54) is 29.7 Å². The Morgan fingerprint density at radius 1 is 0.794 bits per heavy atom. The van der Waals surface area contributed by atoms with Crippen molar-refractivity contribution in [2.24, 2.45) is 11.8 Å². The van der Waals surface area contributed by atoms with Gasteiger partial charge in [0.1, 0.15) is 6.26 Å². The highest BCUT2D eigenvalue weighted by atomic mass is 16.6. The molecule has 194 valence electrons. The lowest BCUT2D eigenvalue weighted by molar-refractivity contribution is -0.144. The monoisotopic (exact) mass is 478 g/mol. The molecule has 0 rings (SSSR count). The smallest absolute Gasteiger partial charge is 0.311 e. The molecule has 0 radical (unpaired) electrons. The van der Waals surface area contributed by atoms with E-state index in [1.807, 2.05) is 0 Å². The van der Waals surface area contributed by atoms with Gasteiger partial charge in [-0.1, -0.05) is 37.1 Å². The number of hydrogen-bond donors (Lipinski definition) is 1. The third-order valence-corrected chi connectivity index (χ3v) is 5.18. The Morgan fingerprint density at radius 2 is 1.32 bits per heavy atom. The zero-order chi connectivity index (χ0) is 25.8. The molecule has 6 heteroatoms. The summed E-state index contributed by atoms with van der Waals surface area (Å²) in [7, 11) is 0. The Bertz CT molecular complexity index is 694. The van der Waals surface area contributed by atoms with Gasteiger partial charge in [-0.2, -0.15) is 0 Å². The lowest BCUT2D eigenvalue weighted by Gasteiger charge is -2.11. The molecule has 0 aliphatic rings. The molecule has 0 bridgehead atoms. The van der Waals surface area contributed by atoms with Gasteiger partial charge in [0, 0.05) is 6.08 Å². The quantitative estimate of drug-likeness (QED) is 0.0688. The summed E-state index contributed by atoms with van der Waals surface area (Å²) >= 11 is 0. The van der Waals surface area contributed by atoms with Crippen molar-refractivity contribution < 1.29 is 28.9 Å². The van der Waals surface area contributed by atoms with E-state index in [-0.39, 0.29) is 18.6 Å². The molecule has 0 saturated heterocycles. The largest absolute Gasteiger partial charge is 0.501 e. The number of aliphatic carboxylic acids is 1. The van der Waals surface area contributed by atoms with Crippen molar-refractivity contribution in [2.45, 2.75) is 92.9 Å². The summed E-state index contributed by atoms with van der Waals surface area (Å²) in [5.74, 6) is -0.398. The number of carbonyl (C=O) groups is 2. The molecule has 0 fully saturated rings. The first-order valence-electron chi connectivity index (χ1n) is 12.4. The second-order valence-electron chi connectivity index (χ2n) is 9.44. The maximum Gasteiger partial charge on any atom is 0.311 e. The number of allylic oxidation sites excluding steroid dienone is 5. The van der Waals surface area contributed by atoms with E-state index in [0.29, 0.717) is 25.0 Å². The van der Waals surface area contributed by atoms with Gasteiger partial charge in [-0.05, 0) is 78.1 Å². The predicted molar refractivity (Wildman–Crippen MR) is 137 cm³/mol. The van der Waals surface area contributed by atoms with Crippen LogP contribution in [0, 0.1) is 11.8 Å². The Hall–Kier alpha value is -2.50. The maximum atomic E-state index is 11.9. The van der Waals surface area contributed by atoms with Gasteiger partial charge >= 0.3 is 11.9 Å². The van der Waals surface area contributed by atoms with Crippen LogP contribution >= 0.6 is 0 Å². The topological polar surface area (TPSA) is 82.1 Å². The van der Waals surface area contributed by atoms with E-state index in [9.17, 15) is 9.59 Å². The van der Waals surface area contributed by atoms with Crippen LogP contribution in [0.2, 0.25) is 0 Å². The molecule has 0 aromatic rings. The molecule has 0 aliphatic carbocycles. The summed E-state index contributed by atoms with van der Waals surface area (Å²) in [5, 5.41) is 8.75. The maximum absolute atomic E-state index is 11.9. The van der Waals surface area contributed by atoms with E-state index >= 15 is 0 Å². The predicted octanol–water partition coefficient (Wildman–Crippen LogP) is 7.33. The molecule has 0 heterocycles. The Balaban J connectivity index is 4.59. The second-order valence-corrected chi connectivity index (χ2v) is 9.44. The number of carboxylic acids is 1. The molecule has 0 saturated carbocycles. The highest BCUT2D eigenvalue weighted by Gasteiger charge is 2.09. The van der Waals surface area contributed by atoms with Gasteiger partial charge in [-0.3, -0.25) is 9.59 Å². The van der Waals surface area contributed by atoms with Crippen molar-refractivity contribution in [1.29, 1.82) is 0 Å².